The third kappa shape index (κ3) is 2.89. The molecule has 2 aromatic rings. The molecule has 0 atom stereocenters. The van der Waals surface area contributed by atoms with Crippen molar-refractivity contribution < 1.29 is 4.39 Å². The van der Waals surface area contributed by atoms with E-state index in [1.54, 1.807) is 6.07 Å². The van der Waals surface area contributed by atoms with Gasteiger partial charge in [-0.15, -0.1) is 0 Å². The maximum absolute atomic E-state index is 13.4. The highest BCUT2D eigenvalue weighted by Gasteiger charge is 2.02. The topological polar surface area (TPSA) is 26.0 Å². The van der Waals surface area contributed by atoms with E-state index < -0.39 is 0 Å². The lowest BCUT2D eigenvalue weighted by atomic mass is 10.0. The molecule has 0 aliphatic carbocycles. The Morgan fingerprint density at radius 2 is 1.67 bits per heavy atom. The molecule has 2 aromatic carbocycles. The van der Waals surface area contributed by atoms with E-state index in [0.29, 0.717) is 0 Å². The summed E-state index contributed by atoms with van der Waals surface area (Å²) >= 11 is 0. The first-order valence-electron chi connectivity index (χ1n) is 6.35. The van der Waals surface area contributed by atoms with Gasteiger partial charge in [-0.1, -0.05) is 43.7 Å². The molecule has 0 aliphatic heterocycles. The Hall–Kier alpha value is -1.83. The third-order valence-corrected chi connectivity index (χ3v) is 3.11. The van der Waals surface area contributed by atoms with Crippen molar-refractivity contribution in [2.45, 2.75) is 26.2 Å². The van der Waals surface area contributed by atoms with Gasteiger partial charge in [0.05, 0.1) is 5.69 Å². The molecule has 0 heterocycles. The van der Waals surface area contributed by atoms with E-state index in [1.165, 1.54) is 24.5 Å². The van der Waals surface area contributed by atoms with Gasteiger partial charge in [0.15, 0.2) is 0 Å². The first-order valence-corrected chi connectivity index (χ1v) is 6.35. The van der Waals surface area contributed by atoms with Gasteiger partial charge in [-0.2, -0.15) is 0 Å². The van der Waals surface area contributed by atoms with Gasteiger partial charge in [0.25, 0.3) is 0 Å². The van der Waals surface area contributed by atoms with Crippen molar-refractivity contribution in [2.75, 3.05) is 5.73 Å². The molecule has 0 spiro atoms. The summed E-state index contributed by atoms with van der Waals surface area (Å²) in [6.07, 6.45) is 3.51. The number of hydrogen-bond donors (Lipinski definition) is 1. The van der Waals surface area contributed by atoms with Gasteiger partial charge in [-0.25, -0.2) is 4.39 Å². The Morgan fingerprint density at radius 1 is 1.00 bits per heavy atom. The van der Waals surface area contributed by atoms with Crippen molar-refractivity contribution >= 4 is 5.69 Å². The molecular weight excluding hydrogens is 225 g/mol. The van der Waals surface area contributed by atoms with Crippen LogP contribution in [0.5, 0.6) is 0 Å². The average Bonchev–Trinajstić information content (AvgIpc) is 2.40. The molecule has 2 rings (SSSR count). The highest BCUT2D eigenvalue weighted by atomic mass is 19.1. The van der Waals surface area contributed by atoms with Crippen molar-refractivity contribution in [3.63, 3.8) is 0 Å². The molecule has 1 nitrogen and oxygen atoms in total. The van der Waals surface area contributed by atoms with Crippen molar-refractivity contribution in [3.05, 3.63) is 53.8 Å². The summed E-state index contributed by atoms with van der Waals surface area (Å²) in [4.78, 5) is 0. The van der Waals surface area contributed by atoms with Crippen LogP contribution in [0, 0.1) is 5.82 Å². The quantitative estimate of drug-likeness (QED) is 0.790. The minimum atomic E-state index is -0.359. The zero-order valence-corrected chi connectivity index (χ0v) is 10.6. The molecule has 0 unspecified atom stereocenters. The summed E-state index contributed by atoms with van der Waals surface area (Å²) in [6.45, 7) is 2.19. The Bertz CT molecular complexity index is 517. The fraction of sp³-hybridized carbons (Fsp3) is 0.250. The molecule has 0 amide bonds. The van der Waals surface area contributed by atoms with Crippen LogP contribution in [0.4, 0.5) is 10.1 Å². The predicted octanol–water partition coefficient (Wildman–Crippen LogP) is 4.42. The van der Waals surface area contributed by atoms with Crippen LogP contribution in [0.2, 0.25) is 0 Å². The van der Waals surface area contributed by atoms with Crippen LogP contribution in [-0.4, -0.2) is 0 Å². The Labute approximate surface area is 107 Å². The Balaban J connectivity index is 2.20. The summed E-state index contributed by atoms with van der Waals surface area (Å²) in [6, 6.07) is 13.2. The smallest absolute Gasteiger partial charge is 0.146 e. The zero-order chi connectivity index (χ0) is 13.0. The Kier molecular flexibility index (Phi) is 3.98. The average molecular weight is 243 g/mol. The van der Waals surface area contributed by atoms with E-state index >= 15 is 0 Å². The molecule has 94 valence electrons. The van der Waals surface area contributed by atoms with Gasteiger partial charge in [0.1, 0.15) is 5.82 Å². The van der Waals surface area contributed by atoms with Gasteiger partial charge in [-0.05, 0) is 41.7 Å². The maximum atomic E-state index is 13.4. The number of nitrogen functional groups attached to an aromatic ring is 1. The van der Waals surface area contributed by atoms with E-state index in [-0.39, 0.29) is 11.5 Å². The van der Waals surface area contributed by atoms with E-state index in [1.807, 2.05) is 18.2 Å². The van der Waals surface area contributed by atoms with E-state index in [2.05, 4.69) is 19.1 Å². The number of halogens is 1. The van der Waals surface area contributed by atoms with E-state index in [4.69, 9.17) is 5.73 Å². The fourth-order valence-electron chi connectivity index (χ4n) is 1.95. The molecule has 0 fully saturated rings. The largest absolute Gasteiger partial charge is 0.396 e. The molecule has 0 saturated heterocycles. The highest BCUT2D eigenvalue weighted by Crippen LogP contribution is 2.23. The first kappa shape index (κ1) is 12.6. The lowest BCUT2D eigenvalue weighted by molar-refractivity contribution is 0.633. The lowest BCUT2D eigenvalue weighted by Gasteiger charge is -2.05. The second kappa shape index (κ2) is 5.67. The van der Waals surface area contributed by atoms with Crippen LogP contribution in [0.1, 0.15) is 25.3 Å². The van der Waals surface area contributed by atoms with Crippen molar-refractivity contribution in [3.8, 4) is 11.1 Å². The lowest BCUT2D eigenvalue weighted by Crippen LogP contribution is -1.90. The van der Waals surface area contributed by atoms with Crippen molar-refractivity contribution in [1.82, 2.24) is 0 Å². The van der Waals surface area contributed by atoms with Crippen molar-refractivity contribution in [1.29, 1.82) is 0 Å². The van der Waals surface area contributed by atoms with Gasteiger partial charge >= 0.3 is 0 Å². The van der Waals surface area contributed by atoms with Crippen LogP contribution in [0.15, 0.2) is 42.5 Å². The van der Waals surface area contributed by atoms with E-state index in [9.17, 15) is 4.39 Å². The number of nitrogens with two attached hydrogens (primary N) is 1. The summed E-state index contributed by atoms with van der Waals surface area (Å²) < 4.78 is 13.4. The minimum absolute atomic E-state index is 0.193. The molecule has 0 radical (unpaired) electrons. The summed E-state index contributed by atoms with van der Waals surface area (Å²) in [5.74, 6) is -0.359. The van der Waals surface area contributed by atoms with Crippen LogP contribution in [0.25, 0.3) is 11.1 Å². The van der Waals surface area contributed by atoms with Gasteiger partial charge in [-0.3, -0.25) is 0 Å². The van der Waals surface area contributed by atoms with Crippen LogP contribution in [0.3, 0.4) is 0 Å². The highest BCUT2D eigenvalue weighted by molar-refractivity contribution is 5.66. The number of unbranched alkanes of at least 4 members (excludes halogenated alkanes) is 1. The molecule has 0 aliphatic rings. The predicted molar refractivity (Wildman–Crippen MR) is 74.9 cm³/mol. The third-order valence-electron chi connectivity index (χ3n) is 3.11. The van der Waals surface area contributed by atoms with Crippen LogP contribution < -0.4 is 5.73 Å². The van der Waals surface area contributed by atoms with Crippen LogP contribution in [-0.2, 0) is 6.42 Å². The number of aryl methyl sites for hydroxylation is 1. The first-order chi connectivity index (χ1) is 8.70. The molecule has 0 saturated carbocycles. The van der Waals surface area contributed by atoms with Gasteiger partial charge in [0.2, 0.25) is 0 Å². The molecule has 2 heteroatoms. The van der Waals surface area contributed by atoms with Crippen LogP contribution >= 0.6 is 0 Å². The monoisotopic (exact) mass is 243 g/mol. The molecular formula is C16H18FN. The van der Waals surface area contributed by atoms with Gasteiger partial charge < -0.3 is 5.73 Å². The molecule has 2 N–H and O–H groups in total. The number of hydrogen-bond acceptors (Lipinski definition) is 1. The standard InChI is InChI=1S/C16H18FN/c1-2-3-4-12-5-7-13(8-6-12)14-9-10-16(18)15(17)11-14/h5-11H,2-4,18H2,1H3. The summed E-state index contributed by atoms with van der Waals surface area (Å²) in [5.41, 5.74) is 8.88. The second-order valence-corrected chi connectivity index (χ2v) is 4.54. The summed E-state index contributed by atoms with van der Waals surface area (Å²) in [7, 11) is 0. The number of rotatable bonds is 4. The van der Waals surface area contributed by atoms with Gasteiger partial charge in [0, 0.05) is 0 Å². The minimum Gasteiger partial charge on any atom is -0.396 e. The second-order valence-electron chi connectivity index (χ2n) is 4.54. The fourth-order valence-corrected chi connectivity index (χ4v) is 1.95. The number of anilines is 1. The molecule has 18 heavy (non-hydrogen) atoms. The van der Waals surface area contributed by atoms with Crippen molar-refractivity contribution in [2.24, 2.45) is 0 Å². The zero-order valence-electron chi connectivity index (χ0n) is 10.6. The maximum Gasteiger partial charge on any atom is 0.146 e. The summed E-state index contributed by atoms with van der Waals surface area (Å²) in [5, 5.41) is 0. The molecule has 0 aromatic heterocycles. The molecule has 0 bridgehead atoms. The Morgan fingerprint density at radius 3 is 2.28 bits per heavy atom. The number of benzene rings is 2. The SMILES string of the molecule is CCCCc1ccc(-c2ccc(N)c(F)c2)cc1. The normalized spacial score (nSPS) is 10.6. The van der Waals surface area contributed by atoms with E-state index in [0.717, 1.165) is 17.5 Å².